The highest BCUT2D eigenvalue weighted by atomic mass is 19.2. The Morgan fingerprint density at radius 2 is 1.69 bits per heavy atom. The first kappa shape index (κ1) is 11.4. The first-order chi connectivity index (χ1) is 7.40. The topological polar surface area (TPSA) is 20.2 Å². The molecule has 1 N–H and O–H groups in total. The standard InChI is InChI=1S/C11H10F4O/c1-5(16)11(2-3-11)6-4-7(12)9(14)10(15)8(6)13/h4-5,16H,2-3H2,1H3. The Labute approximate surface area is 89.7 Å². The quantitative estimate of drug-likeness (QED) is 0.474. The van der Waals surface area contributed by atoms with Gasteiger partial charge in [-0.05, 0) is 25.8 Å². The normalized spacial score (nSPS) is 19.6. The van der Waals surface area contributed by atoms with E-state index in [1.807, 2.05) is 0 Å². The molecule has 2 rings (SSSR count). The Bertz CT molecular complexity index is 438. The molecule has 0 bridgehead atoms. The lowest BCUT2D eigenvalue weighted by Crippen LogP contribution is -2.25. The van der Waals surface area contributed by atoms with Gasteiger partial charge in [-0.2, -0.15) is 0 Å². The van der Waals surface area contributed by atoms with Crippen molar-refractivity contribution in [2.75, 3.05) is 0 Å². The summed E-state index contributed by atoms with van der Waals surface area (Å²) in [7, 11) is 0. The number of aliphatic hydroxyl groups is 1. The number of halogens is 4. The largest absolute Gasteiger partial charge is 0.392 e. The molecule has 0 amide bonds. The fraction of sp³-hybridized carbons (Fsp3) is 0.455. The fourth-order valence-corrected chi connectivity index (χ4v) is 1.98. The van der Waals surface area contributed by atoms with Crippen molar-refractivity contribution in [3.63, 3.8) is 0 Å². The van der Waals surface area contributed by atoms with E-state index in [9.17, 15) is 22.7 Å². The third-order valence-electron chi connectivity index (χ3n) is 3.23. The van der Waals surface area contributed by atoms with Crippen molar-refractivity contribution < 1.29 is 22.7 Å². The molecule has 1 nitrogen and oxygen atoms in total. The van der Waals surface area contributed by atoms with Crippen LogP contribution in [0.4, 0.5) is 17.6 Å². The van der Waals surface area contributed by atoms with Crippen LogP contribution in [0.25, 0.3) is 0 Å². The highest BCUT2D eigenvalue weighted by molar-refractivity contribution is 5.35. The van der Waals surface area contributed by atoms with Crippen LogP contribution in [0, 0.1) is 23.3 Å². The summed E-state index contributed by atoms with van der Waals surface area (Å²) in [6, 6.07) is 0.632. The zero-order valence-corrected chi connectivity index (χ0v) is 8.53. The summed E-state index contributed by atoms with van der Waals surface area (Å²) in [5, 5.41) is 9.47. The van der Waals surface area contributed by atoms with Crippen molar-refractivity contribution in [3.05, 3.63) is 34.9 Å². The molecule has 1 saturated carbocycles. The van der Waals surface area contributed by atoms with E-state index in [1.54, 1.807) is 0 Å². The maximum Gasteiger partial charge on any atom is 0.197 e. The molecule has 1 aromatic rings. The molecule has 1 aliphatic rings. The molecule has 0 saturated heterocycles. The Kier molecular flexibility index (Phi) is 2.45. The molecule has 0 heterocycles. The van der Waals surface area contributed by atoms with Crippen molar-refractivity contribution in [3.8, 4) is 0 Å². The van der Waals surface area contributed by atoms with Gasteiger partial charge in [0.25, 0.3) is 0 Å². The lowest BCUT2D eigenvalue weighted by Gasteiger charge is -2.20. The second-order valence-electron chi connectivity index (χ2n) is 4.18. The molecule has 5 heteroatoms. The summed E-state index contributed by atoms with van der Waals surface area (Å²) in [6.07, 6.45) is -0.0515. The van der Waals surface area contributed by atoms with Gasteiger partial charge in [0.05, 0.1) is 6.10 Å². The van der Waals surface area contributed by atoms with Crippen molar-refractivity contribution in [1.82, 2.24) is 0 Å². The second kappa shape index (κ2) is 3.45. The molecule has 1 unspecified atom stereocenters. The minimum atomic E-state index is -1.82. The van der Waals surface area contributed by atoms with Gasteiger partial charge in [-0.15, -0.1) is 0 Å². The zero-order chi connectivity index (χ0) is 12.1. The van der Waals surface area contributed by atoms with E-state index >= 15 is 0 Å². The van der Waals surface area contributed by atoms with Crippen LogP contribution >= 0.6 is 0 Å². The minimum Gasteiger partial charge on any atom is -0.392 e. The predicted octanol–water partition coefficient (Wildman–Crippen LogP) is 2.66. The maximum absolute atomic E-state index is 13.4. The number of benzene rings is 1. The van der Waals surface area contributed by atoms with Crippen LogP contribution in [-0.4, -0.2) is 11.2 Å². The highest BCUT2D eigenvalue weighted by Crippen LogP contribution is 2.52. The second-order valence-corrected chi connectivity index (χ2v) is 4.18. The minimum absolute atomic E-state index is 0.279. The van der Waals surface area contributed by atoms with Gasteiger partial charge in [0, 0.05) is 11.0 Å². The molecular weight excluding hydrogens is 224 g/mol. The maximum atomic E-state index is 13.4. The average Bonchev–Trinajstić information content (AvgIpc) is 3.01. The van der Waals surface area contributed by atoms with Gasteiger partial charge in [-0.3, -0.25) is 0 Å². The summed E-state index contributed by atoms with van der Waals surface area (Å²) in [4.78, 5) is 0. The van der Waals surface area contributed by atoms with Gasteiger partial charge >= 0.3 is 0 Å². The molecule has 1 aliphatic carbocycles. The molecule has 1 fully saturated rings. The molecule has 88 valence electrons. The third kappa shape index (κ3) is 1.42. The summed E-state index contributed by atoms with van der Waals surface area (Å²) >= 11 is 0. The Morgan fingerprint density at radius 3 is 2.12 bits per heavy atom. The first-order valence-electron chi connectivity index (χ1n) is 4.91. The summed E-state index contributed by atoms with van der Waals surface area (Å²) in [5.74, 6) is -6.47. The van der Waals surface area contributed by atoms with E-state index in [1.165, 1.54) is 6.92 Å². The van der Waals surface area contributed by atoms with Gasteiger partial charge in [0.1, 0.15) is 0 Å². The van der Waals surface area contributed by atoms with E-state index < -0.39 is 34.8 Å². The van der Waals surface area contributed by atoms with Crippen molar-refractivity contribution in [1.29, 1.82) is 0 Å². The number of aliphatic hydroxyl groups excluding tert-OH is 1. The van der Waals surface area contributed by atoms with Crippen molar-refractivity contribution >= 4 is 0 Å². The van der Waals surface area contributed by atoms with E-state index in [0.29, 0.717) is 18.9 Å². The van der Waals surface area contributed by atoms with Gasteiger partial charge in [0.2, 0.25) is 0 Å². The van der Waals surface area contributed by atoms with Crippen LogP contribution in [0.5, 0.6) is 0 Å². The molecule has 1 aromatic carbocycles. The Morgan fingerprint density at radius 1 is 1.12 bits per heavy atom. The molecule has 0 aliphatic heterocycles. The summed E-state index contributed by atoms with van der Waals surface area (Å²) in [5.41, 5.74) is -1.24. The summed E-state index contributed by atoms with van der Waals surface area (Å²) in [6.45, 7) is 1.42. The smallest absolute Gasteiger partial charge is 0.197 e. The van der Waals surface area contributed by atoms with Crippen LogP contribution in [0.2, 0.25) is 0 Å². The van der Waals surface area contributed by atoms with Crippen molar-refractivity contribution in [2.24, 2.45) is 0 Å². The number of hydrogen-bond acceptors (Lipinski definition) is 1. The Hall–Kier alpha value is -1.10. The fourth-order valence-electron chi connectivity index (χ4n) is 1.98. The van der Waals surface area contributed by atoms with E-state index in [-0.39, 0.29) is 5.56 Å². The van der Waals surface area contributed by atoms with Crippen LogP contribution < -0.4 is 0 Å². The Balaban J connectivity index is 2.59. The molecule has 1 atom stereocenters. The molecule has 0 spiro atoms. The van der Waals surface area contributed by atoms with Crippen LogP contribution in [-0.2, 0) is 5.41 Å². The predicted molar refractivity (Wildman–Crippen MR) is 48.9 cm³/mol. The molecule has 0 radical (unpaired) electrons. The van der Waals surface area contributed by atoms with E-state index in [4.69, 9.17) is 0 Å². The lowest BCUT2D eigenvalue weighted by atomic mass is 9.90. The van der Waals surface area contributed by atoms with Crippen LogP contribution in [0.3, 0.4) is 0 Å². The molecule has 0 aromatic heterocycles. The monoisotopic (exact) mass is 234 g/mol. The van der Waals surface area contributed by atoms with Crippen LogP contribution in [0.1, 0.15) is 25.3 Å². The zero-order valence-electron chi connectivity index (χ0n) is 8.53. The summed E-state index contributed by atoms with van der Waals surface area (Å²) < 4.78 is 52.2. The lowest BCUT2D eigenvalue weighted by molar-refractivity contribution is 0.147. The average molecular weight is 234 g/mol. The first-order valence-corrected chi connectivity index (χ1v) is 4.91. The van der Waals surface area contributed by atoms with Crippen LogP contribution in [0.15, 0.2) is 6.07 Å². The van der Waals surface area contributed by atoms with Gasteiger partial charge < -0.3 is 5.11 Å². The highest BCUT2D eigenvalue weighted by Gasteiger charge is 2.51. The SMILES string of the molecule is CC(O)C1(c2cc(F)c(F)c(F)c2F)CC1. The van der Waals surface area contributed by atoms with Gasteiger partial charge in [0.15, 0.2) is 23.3 Å². The van der Waals surface area contributed by atoms with Gasteiger partial charge in [-0.1, -0.05) is 0 Å². The molecule has 16 heavy (non-hydrogen) atoms. The van der Waals surface area contributed by atoms with E-state index in [0.717, 1.165) is 0 Å². The number of rotatable bonds is 2. The van der Waals surface area contributed by atoms with Gasteiger partial charge in [-0.25, -0.2) is 17.6 Å². The molecular formula is C11H10F4O. The van der Waals surface area contributed by atoms with E-state index in [2.05, 4.69) is 0 Å². The third-order valence-corrected chi connectivity index (χ3v) is 3.23. The number of hydrogen-bond donors (Lipinski definition) is 1. The van der Waals surface area contributed by atoms with Crippen molar-refractivity contribution in [2.45, 2.75) is 31.3 Å².